The van der Waals surface area contributed by atoms with Crippen molar-refractivity contribution in [1.82, 2.24) is 10.2 Å². The van der Waals surface area contributed by atoms with Crippen LogP contribution in [0.15, 0.2) is 24.3 Å². The summed E-state index contributed by atoms with van der Waals surface area (Å²) in [4.78, 5) is 27.8. The third kappa shape index (κ3) is 2.79. The van der Waals surface area contributed by atoms with Crippen LogP contribution in [0.1, 0.15) is 6.42 Å². The van der Waals surface area contributed by atoms with Gasteiger partial charge in [-0.05, 0) is 18.6 Å². The number of anilines is 1. The van der Waals surface area contributed by atoms with Gasteiger partial charge in [-0.1, -0.05) is 12.1 Å². The van der Waals surface area contributed by atoms with Crippen LogP contribution in [0.3, 0.4) is 0 Å². The predicted octanol–water partition coefficient (Wildman–Crippen LogP) is 0.232. The zero-order valence-electron chi connectivity index (χ0n) is 12.0. The van der Waals surface area contributed by atoms with E-state index in [0.29, 0.717) is 25.4 Å². The van der Waals surface area contributed by atoms with Crippen LogP contribution in [-0.2, 0) is 9.59 Å². The molecule has 6 heteroatoms. The highest BCUT2D eigenvalue weighted by Gasteiger charge is 2.33. The van der Waals surface area contributed by atoms with Gasteiger partial charge in [-0.3, -0.25) is 9.59 Å². The molecular weight excluding hydrogens is 270 g/mol. The van der Waals surface area contributed by atoms with Gasteiger partial charge >= 0.3 is 0 Å². The molecule has 2 aliphatic rings. The largest absolute Gasteiger partial charge is 0.477 e. The lowest BCUT2D eigenvalue weighted by molar-refractivity contribution is -0.141. The number of ether oxygens (including phenoxy) is 1. The van der Waals surface area contributed by atoms with Crippen LogP contribution in [0, 0.1) is 0 Å². The Hall–Kier alpha value is -2.24. The van der Waals surface area contributed by atoms with Crippen molar-refractivity contribution in [2.75, 3.05) is 38.1 Å². The first-order valence-electron chi connectivity index (χ1n) is 7.17. The Morgan fingerprint density at radius 2 is 2.19 bits per heavy atom. The average molecular weight is 289 g/mol. The van der Waals surface area contributed by atoms with Crippen molar-refractivity contribution >= 4 is 17.5 Å². The molecule has 1 N–H and O–H groups in total. The smallest absolute Gasteiger partial charge is 0.265 e. The van der Waals surface area contributed by atoms with Crippen LogP contribution in [0.5, 0.6) is 5.75 Å². The van der Waals surface area contributed by atoms with E-state index in [-0.39, 0.29) is 18.4 Å². The summed E-state index contributed by atoms with van der Waals surface area (Å²) in [6.45, 7) is 1.82. The van der Waals surface area contributed by atoms with Crippen LogP contribution in [0.2, 0.25) is 0 Å². The highest BCUT2D eigenvalue weighted by molar-refractivity contribution is 5.88. The summed E-state index contributed by atoms with van der Waals surface area (Å²) in [7, 11) is 1.94. The summed E-state index contributed by atoms with van der Waals surface area (Å²) in [5, 5.41) is 2.77. The number of hydrogen-bond acceptors (Lipinski definition) is 4. The van der Waals surface area contributed by atoms with E-state index < -0.39 is 6.10 Å². The van der Waals surface area contributed by atoms with Gasteiger partial charge in [0.25, 0.3) is 5.91 Å². The molecule has 6 nitrogen and oxygen atoms in total. The van der Waals surface area contributed by atoms with E-state index in [9.17, 15) is 9.59 Å². The second kappa shape index (κ2) is 5.63. The number of amides is 2. The van der Waals surface area contributed by atoms with Crippen molar-refractivity contribution in [1.29, 1.82) is 0 Å². The summed E-state index contributed by atoms with van der Waals surface area (Å²) >= 11 is 0. The summed E-state index contributed by atoms with van der Waals surface area (Å²) in [5.74, 6) is 0.489. The molecule has 1 aromatic carbocycles. The third-order valence-corrected chi connectivity index (χ3v) is 3.83. The molecule has 0 unspecified atom stereocenters. The molecule has 0 bridgehead atoms. The van der Waals surface area contributed by atoms with Crippen LogP contribution in [0.25, 0.3) is 0 Å². The van der Waals surface area contributed by atoms with Crippen molar-refractivity contribution in [2.24, 2.45) is 0 Å². The standard InChI is InChI=1S/C15H19N3O3/c1-17-9-13(21-12-6-3-2-5-11(12)17)15(20)18-8-4-7-16-14(19)10-18/h2-3,5-6,13H,4,7-10H2,1H3,(H,16,19)/t13-/m0/s1. The first-order valence-corrected chi connectivity index (χ1v) is 7.17. The number of hydrogen-bond donors (Lipinski definition) is 1. The molecule has 0 radical (unpaired) electrons. The van der Waals surface area contributed by atoms with Gasteiger partial charge in [0.05, 0.1) is 18.8 Å². The minimum Gasteiger partial charge on any atom is -0.477 e. The number of carbonyl (C=O) groups is 2. The molecule has 0 aliphatic carbocycles. The number of carbonyl (C=O) groups excluding carboxylic acids is 2. The summed E-state index contributed by atoms with van der Waals surface area (Å²) in [5.41, 5.74) is 0.982. The number of fused-ring (bicyclic) bond motifs is 1. The van der Waals surface area contributed by atoms with Crippen molar-refractivity contribution in [3.63, 3.8) is 0 Å². The summed E-state index contributed by atoms with van der Waals surface area (Å²) in [6, 6.07) is 7.66. The molecule has 0 saturated carbocycles. The maximum atomic E-state index is 12.6. The van der Waals surface area contributed by atoms with E-state index >= 15 is 0 Å². The van der Waals surface area contributed by atoms with Crippen molar-refractivity contribution in [2.45, 2.75) is 12.5 Å². The minimum atomic E-state index is -0.559. The fourth-order valence-corrected chi connectivity index (χ4v) is 2.74. The van der Waals surface area contributed by atoms with Gasteiger partial charge in [0.1, 0.15) is 5.75 Å². The minimum absolute atomic E-state index is 0.106. The molecule has 3 rings (SSSR count). The highest BCUT2D eigenvalue weighted by Crippen LogP contribution is 2.32. The molecule has 21 heavy (non-hydrogen) atoms. The molecule has 2 amide bonds. The second-order valence-corrected chi connectivity index (χ2v) is 5.42. The van der Waals surface area contributed by atoms with E-state index in [0.717, 1.165) is 12.1 Å². The molecular formula is C15H19N3O3. The number of rotatable bonds is 1. The summed E-state index contributed by atoms with van der Waals surface area (Å²) in [6.07, 6.45) is 0.215. The Bertz CT molecular complexity index is 561. The molecule has 2 aliphatic heterocycles. The lowest BCUT2D eigenvalue weighted by Gasteiger charge is -2.35. The van der Waals surface area contributed by atoms with Crippen LogP contribution in [0.4, 0.5) is 5.69 Å². The monoisotopic (exact) mass is 289 g/mol. The van der Waals surface area contributed by atoms with Gasteiger partial charge in [0.2, 0.25) is 5.91 Å². The molecule has 0 aromatic heterocycles. The zero-order chi connectivity index (χ0) is 14.8. The Labute approximate surface area is 123 Å². The maximum Gasteiger partial charge on any atom is 0.265 e. The molecule has 1 aromatic rings. The Morgan fingerprint density at radius 3 is 3.05 bits per heavy atom. The topological polar surface area (TPSA) is 61.9 Å². The number of benzene rings is 1. The van der Waals surface area contributed by atoms with E-state index in [2.05, 4.69) is 5.32 Å². The highest BCUT2D eigenvalue weighted by atomic mass is 16.5. The van der Waals surface area contributed by atoms with Gasteiger partial charge in [0, 0.05) is 20.1 Å². The fraction of sp³-hybridized carbons (Fsp3) is 0.467. The predicted molar refractivity (Wildman–Crippen MR) is 78.3 cm³/mol. The average Bonchev–Trinajstić information content (AvgIpc) is 2.71. The molecule has 0 spiro atoms. The zero-order valence-corrected chi connectivity index (χ0v) is 12.0. The second-order valence-electron chi connectivity index (χ2n) is 5.42. The SMILES string of the molecule is CN1C[C@@H](C(=O)N2CCCNC(=O)C2)Oc2ccccc21. The molecule has 2 heterocycles. The molecule has 1 fully saturated rings. The van der Waals surface area contributed by atoms with E-state index in [1.807, 2.05) is 36.2 Å². The quantitative estimate of drug-likeness (QED) is 0.804. The molecule has 112 valence electrons. The number of nitrogens with one attached hydrogen (secondary N) is 1. The van der Waals surface area contributed by atoms with Gasteiger partial charge in [0.15, 0.2) is 6.10 Å². The van der Waals surface area contributed by atoms with Crippen LogP contribution >= 0.6 is 0 Å². The number of para-hydroxylation sites is 2. The Morgan fingerprint density at radius 1 is 1.38 bits per heavy atom. The summed E-state index contributed by atoms with van der Waals surface area (Å²) < 4.78 is 5.83. The Kier molecular flexibility index (Phi) is 3.68. The van der Waals surface area contributed by atoms with Gasteiger partial charge < -0.3 is 19.9 Å². The molecule has 1 atom stereocenters. The fourth-order valence-electron chi connectivity index (χ4n) is 2.74. The lowest BCUT2D eigenvalue weighted by Crippen LogP contribution is -2.50. The van der Waals surface area contributed by atoms with Crippen LogP contribution < -0.4 is 15.0 Å². The Balaban J connectivity index is 1.75. The first kappa shape index (κ1) is 13.7. The maximum absolute atomic E-state index is 12.6. The van der Waals surface area contributed by atoms with Crippen molar-refractivity contribution < 1.29 is 14.3 Å². The van der Waals surface area contributed by atoms with Gasteiger partial charge in [-0.25, -0.2) is 0 Å². The van der Waals surface area contributed by atoms with E-state index in [4.69, 9.17) is 4.74 Å². The van der Waals surface area contributed by atoms with Crippen LogP contribution in [-0.4, -0.2) is 56.0 Å². The normalized spacial score (nSPS) is 22.0. The number of likely N-dealkylation sites (N-methyl/N-ethyl adjacent to an activating group) is 1. The number of nitrogens with zero attached hydrogens (tertiary/aromatic N) is 2. The lowest BCUT2D eigenvalue weighted by atomic mass is 10.2. The van der Waals surface area contributed by atoms with E-state index in [1.165, 1.54) is 0 Å². The van der Waals surface area contributed by atoms with Gasteiger partial charge in [-0.15, -0.1) is 0 Å². The molecule has 1 saturated heterocycles. The third-order valence-electron chi connectivity index (χ3n) is 3.83. The first-order chi connectivity index (χ1) is 10.1. The van der Waals surface area contributed by atoms with E-state index in [1.54, 1.807) is 4.90 Å². The van der Waals surface area contributed by atoms with Crippen molar-refractivity contribution in [3.05, 3.63) is 24.3 Å². The van der Waals surface area contributed by atoms with Crippen molar-refractivity contribution in [3.8, 4) is 5.75 Å². The van der Waals surface area contributed by atoms with Gasteiger partial charge in [-0.2, -0.15) is 0 Å².